The molecule has 6 nitrogen and oxygen atoms in total. The van der Waals surface area contributed by atoms with Gasteiger partial charge in [-0.3, -0.25) is 0 Å². The van der Waals surface area contributed by atoms with Gasteiger partial charge >= 0.3 is 0 Å². The van der Waals surface area contributed by atoms with Crippen LogP contribution in [-0.2, 0) is 54.8 Å². The molecule has 1 unspecified atom stereocenters. The van der Waals surface area contributed by atoms with E-state index in [4.69, 9.17) is 28.4 Å². The Bertz CT molecular complexity index is 1450. The van der Waals surface area contributed by atoms with Gasteiger partial charge in [-0.05, 0) is 41.5 Å². The van der Waals surface area contributed by atoms with Crippen molar-refractivity contribution in [2.75, 3.05) is 13.2 Å². The molecule has 4 aromatic rings. The second-order valence-electron chi connectivity index (χ2n) is 11.9. The Hall–Kier alpha value is -3.88. The Morgan fingerprint density at radius 3 is 1.52 bits per heavy atom. The van der Waals surface area contributed by atoms with Crippen LogP contribution in [0, 0.1) is 0 Å². The molecule has 1 saturated heterocycles. The number of unbranched alkanes of at least 4 members (excludes halogenated alkanes) is 2. The molecule has 0 amide bonds. The first-order valence-electron chi connectivity index (χ1n) is 16.9. The lowest BCUT2D eigenvalue weighted by atomic mass is 9.97. The highest BCUT2D eigenvalue weighted by molar-refractivity contribution is 5.16. The third-order valence-corrected chi connectivity index (χ3v) is 8.14. The van der Waals surface area contributed by atoms with Gasteiger partial charge in [0.25, 0.3) is 0 Å². The second kappa shape index (κ2) is 20.5. The molecule has 1 heterocycles. The summed E-state index contributed by atoms with van der Waals surface area (Å²) < 4.78 is 39.6. The highest BCUT2D eigenvalue weighted by Gasteiger charge is 2.49. The molecule has 0 bridgehead atoms. The average Bonchev–Trinajstić information content (AvgIpc) is 3.14. The van der Waals surface area contributed by atoms with Crippen LogP contribution in [0.3, 0.4) is 0 Å². The maximum absolute atomic E-state index is 6.78. The van der Waals surface area contributed by atoms with Crippen LogP contribution in [0.25, 0.3) is 0 Å². The normalized spacial score (nSPS) is 21.0. The number of hydrogen-bond acceptors (Lipinski definition) is 6. The van der Waals surface area contributed by atoms with Gasteiger partial charge in [0.15, 0.2) is 6.29 Å². The minimum absolute atomic E-state index is 0.294. The van der Waals surface area contributed by atoms with Crippen molar-refractivity contribution < 1.29 is 28.4 Å². The molecule has 0 aliphatic carbocycles. The van der Waals surface area contributed by atoms with E-state index in [9.17, 15) is 0 Å². The van der Waals surface area contributed by atoms with Crippen molar-refractivity contribution in [3.63, 3.8) is 0 Å². The molecule has 5 rings (SSSR count). The fourth-order valence-electron chi connectivity index (χ4n) is 5.60. The van der Waals surface area contributed by atoms with Gasteiger partial charge in [0.05, 0.1) is 39.6 Å². The molecule has 4 aromatic carbocycles. The molecule has 0 radical (unpaired) electrons. The van der Waals surface area contributed by atoms with Gasteiger partial charge in [0.2, 0.25) is 0 Å². The summed E-state index contributed by atoms with van der Waals surface area (Å²) in [5, 5.41) is 0. The van der Waals surface area contributed by atoms with Crippen LogP contribution in [0.5, 0.6) is 0 Å². The summed E-state index contributed by atoms with van der Waals surface area (Å²) in [6, 6.07) is 40.6. The van der Waals surface area contributed by atoms with E-state index < -0.39 is 30.7 Å². The lowest BCUT2D eigenvalue weighted by Gasteiger charge is -2.45. The van der Waals surface area contributed by atoms with E-state index in [2.05, 4.69) is 61.2 Å². The maximum atomic E-state index is 6.78. The van der Waals surface area contributed by atoms with Gasteiger partial charge in [-0.15, -0.1) is 6.58 Å². The van der Waals surface area contributed by atoms with Crippen molar-refractivity contribution in [1.29, 1.82) is 0 Å². The first-order chi connectivity index (χ1) is 23.8. The van der Waals surface area contributed by atoms with Gasteiger partial charge < -0.3 is 28.4 Å². The van der Waals surface area contributed by atoms with Crippen LogP contribution >= 0.6 is 0 Å². The number of ether oxygens (including phenoxy) is 6. The smallest absolute Gasteiger partial charge is 0.187 e. The Labute approximate surface area is 285 Å². The molecular weight excluding hydrogens is 600 g/mol. The molecule has 48 heavy (non-hydrogen) atoms. The molecule has 0 saturated carbocycles. The fraction of sp³-hybridized carbons (Fsp3) is 0.333. The molecule has 252 valence electrons. The van der Waals surface area contributed by atoms with Crippen LogP contribution < -0.4 is 0 Å². The van der Waals surface area contributed by atoms with Crippen molar-refractivity contribution in [1.82, 2.24) is 0 Å². The minimum Gasteiger partial charge on any atom is -0.374 e. The van der Waals surface area contributed by atoms with Gasteiger partial charge in [0, 0.05) is 0 Å². The Balaban J connectivity index is 1.40. The summed E-state index contributed by atoms with van der Waals surface area (Å²) >= 11 is 0. The topological polar surface area (TPSA) is 55.4 Å². The number of hydrogen-bond donors (Lipinski definition) is 0. The highest BCUT2D eigenvalue weighted by atomic mass is 16.7. The molecule has 0 aromatic heterocycles. The number of rotatable bonds is 20. The highest BCUT2D eigenvalue weighted by Crippen LogP contribution is 2.31. The first-order valence-corrected chi connectivity index (χ1v) is 16.9. The lowest BCUT2D eigenvalue weighted by Crippen LogP contribution is -2.61. The van der Waals surface area contributed by atoms with Gasteiger partial charge in [-0.1, -0.05) is 140 Å². The van der Waals surface area contributed by atoms with Crippen molar-refractivity contribution in [3.05, 3.63) is 168 Å². The van der Waals surface area contributed by atoms with Crippen molar-refractivity contribution in [2.24, 2.45) is 0 Å². The fourth-order valence-corrected chi connectivity index (χ4v) is 5.60. The quantitative estimate of drug-likeness (QED) is 0.0707. The summed E-state index contributed by atoms with van der Waals surface area (Å²) in [6.45, 7) is 6.09. The molecule has 6 heteroatoms. The summed E-state index contributed by atoms with van der Waals surface area (Å²) in [7, 11) is 0. The first kappa shape index (κ1) is 35.4. The second-order valence-corrected chi connectivity index (χ2v) is 11.9. The zero-order valence-corrected chi connectivity index (χ0v) is 27.7. The molecular formula is C42H48O6. The van der Waals surface area contributed by atoms with E-state index in [-0.39, 0.29) is 0 Å². The minimum atomic E-state index is -0.714. The molecule has 5 atom stereocenters. The van der Waals surface area contributed by atoms with Crippen molar-refractivity contribution >= 4 is 0 Å². The third kappa shape index (κ3) is 11.7. The van der Waals surface area contributed by atoms with E-state index in [1.165, 1.54) is 0 Å². The maximum Gasteiger partial charge on any atom is 0.187 e. The molecule has 1 fully saturated rings. The number of benzene rings is 4. The van der Waals surface area contributed by atoms with Crippen LogP contribution in [0.2, 0.25) is 0 Å². The van der Waals surface area contributed by atoms with Gasteiger partial charge in [-0.2, -0.15) is 0 Å². The van der Waals surface area contributed by atoms with E-state index in [0.29, 0.717) is 39.6 Å². The Kier molecular flexibility index (Phi) is 15.1. The predicted octanol–water partition coefficient (Wildman–Crippen LogP) is 8.61. The standard InChI is InChI=1S/C42H48O6/c1-2-3-4-5-6-19-28-44-42-41(47-32-37-26-17-10-18-27-37)40(46-31-36-24-15-9-16-25-36)39(45-30-35-22-13-8-14-23-35)38(48-42)33-43-29-34-20-11-7-12-21-34/h2,6-27,38-42H,1,3-5,28-33H2/b19-6-/t38-,39+,40+,41-,42?/m1/s1. The third-order valence-electron chi connectivity index (χ3n) is 8.14. The average molecular weight is 649 g/mol. The van der Waals surface area contributed by atoms with Crippen LogP contribution in [-0.4, -0.2) is 43.9 Å². The van der Waals surface area contributed by atoms with Gasteiger partial charge in [0.1, 0.15) is 24.4 Å². The molecule has 1 aliphatic heterocycles. The van der Waals surface area contributed by atoms with Crippen LogP contribution in [0.15, 0.2) is 146 Å². The number of allylic oxidation sites excluding steroid dienone is 2. The summed E-state index contributed by atoms with van der Waals surface area (Å²) in [4.78, 5) is 0. The van der Waals surface area contributed by atoms with Crippen molar-refractivity contribution in [2.45, 2.75) is 76.4 Å². The largest absolute Gasteiger partial charge is 0.374 e. The Morgan fingerprint density at radius 2 is 1.00 bits per heavy atom. The molecule has 0 N–H and O–H groups in total. The van der Waals surface area contributed by atoms with E-state index in [1.54, 1.807) is 0 Å². The van der Waals surface area contributed by atoms with Crippen LogP contribution in [0.1, 0.15) is 41.5 Å². The summed E-state index contributed by atoms with van der Waals surface area (Å²) in [5.41, 5.74) is 4.26. The SMILES string of the molecule is C=CCCC/C=C\COC1O[C@H](COCc2ccccc2)[C@H](OCc2ccccc2)[C@H](OCc2ccccc2)[C@H]1OCc1ccccc1. The molecule has 0 spiro atoms. The zero-order valence-electron chi connectivity index (χ0n) is 27.7. The van der Waals surface area contributed by atoms with E-state index >= 15 is 0 Å². The lowest BCUT2D eigenvalue weighted by molar-refractivity contribution is -0.326. The van der Waals surface area contributed by atoms with E-state index in [1.807, 2.05) is 84.9 Å². The Morgan fingerprint density at radius 1 is 0.521 bits per heavy atom. The zero-order chi connectivity index (χ0) is 33.1. The van der Waals surface area contributed by atoms with Crippen LogP contribution in [0.4, 0.5) is 0 Å². The molecule has 1 aliphatic rings. The van der Waals surface area contributed by atoms with Gasteiger partial charge in [-0.25, -0.2) is 0 Å². The summed E-state index contributed by atoms with van der Waals surface area (Å²) in [6.07, 6.45) is 6.35. The van der Waals surface area contributed by atoms with Crippen molar-refractivity contribution in [3.8, 4) is 0 Å². The summed E-state index contributed by atoms with van der Waals surface area (Å²) in [5.74, 6) is 0. The van der Waals surface area contributed by atoms with E-state index in [0.717, 1.165) is 41.5 Å². The predicted molar refractivity (Wildman–Crippen MR) is 189 cm³/mol. The monoisotopic (exact) mass is 648 g/mol.